The minimum absolute atomic E-state index is 0.0951. The maximum absolute atomic E-state index is 14.1. The number of alkyl halides is 3. The number of aromatic nitrogens is 2. The van der Waals surface area contributed by atoms with Gasteiger partial charge in [0.15, 0.2) is 0 Å². The SMILES string of the molecule is CCON=Cc1cc(-n2c(=O)cc(C(F)(F)F)[nH]c2=O)c(F)cc1Cl. The summed E-state index contributed by atoms with van der Waals surface area (Å²) in [5.41, 5.74) is -4.83. The first-order valence-electron chi connectivity index (χ1n) is 6.73. The molecule has 0 saturated carbocycles. The molecule has 1 heterocycles. The van der Waals surface area contributed by atoms with Crippen LogP contribution in [-0.4, -0.2) is 22.4 Å². The molecule has 0 bridgehead atoms. The number of aromatic amines is 1. The van der Waals surface area contributed by atoms with Crippen LogP contribution in [0.25, 0.3) is 5.69 Å². The average Bonchev–Trinajstić information content (AvgIpc) is 2.49. The summed E-state index contributed by atoms with van der Waals surface area (Å²) in [5.74, 6) is -1.08. The number of rotatable bonds is 4. The van der Waals surface area contributed by atoms with E-state index in [2.05, 4.69) is 5.16 Å². The minimum atomic E-state index is -4.93. The van der Waals surface area contributed by atoms with Crippen molar-refractivity contribution >= 4 is 17.8 Å². The summed E-state index contributed by atoms with van der Waals surface area (Å²) >= 11 is 5.82. The fourth-order valence-corrected chi connectivity index (χ4v) is 2.07. The van der Waals surface area contributed by atoms with E-state index in [1.807, 2.05) is 0 Å². The Bertz CT molecular complexity index is 903. The lowest BCUT2D eigenvalue weighted by molar-refractivity contribution is -0.141. The summed E-state index contributed by atoms with van der Waals surface area (Å²) in [4.78, 5) is 30.0. The number of hydrogen-bond donors (Lipinski definition) is 1. The van der Waals surface area contributed by atoms with Crippen LogP contribution in [0.5, 0.6) is 0 Å². The number of halogens is 5. The van der Waals surface area contributed by atoms with Gasteiger partial charge in [0.1, 0.15) is 18.1 Å². The highest BCUT2D eigenvalue weighted by atomic mass is 35.5. The van der Waals surface area contributed by atoms with Crippen molar-refractivity contribution in [3.05, 3.63) is 61.1 Å². The smallest absolute Gasteiger partial charge is 0.396 e. The number of benzene rings is 1. The second-order valence-corrected chi connectivity index (χ2v) is 5.04. The predicted octanol–water partition coefficient (Wildman–Crippen LogP) is 2.71. The van der Waals surface area contributed by atoms with E-state index in [9.17, 15) is 27.2 Å². The molecule has 2 aromatic rings. The molecule has 1 N–H and O–H groups in total. The minimum Gasteiger partial charge on any atom is -0.396 e. The third-order valence-corrected chi connectivity index (χ3v) is 3.27. The van der Waals surface area contributed by atoms with Crippen LogP contribution in [0.3, 0.4) is 0 Å². The average molecular weight is 380 g/mol. The van der Waals surface area contributed by atoms with Crippen LogP contribution >= 0.6 is 11.6 Å². The van der Waals surface area contributed by atoms with Crippen LogP contribution in [0.15, 0.2) is 32.9 Å². The number of nitrogens with zero attached hydrogens (tertiary/aromatic N) is 2. The monoisotopic (exact) mass is 379 g/mol. The first-order chi connectivity index (χ1) is 11.6. The van der Waals surface area contributed by atoms with Gasteiger partial charge in [-0.05, 0) is 19.1 Å². The molecule has 1 aromatic carbocycles. The molecule has 0 spiro atoms. The molecule has 6 nitrogen and oxygen atoms in total. The third kappa shape index (κ3) is 4.08. The van der Waals surface area contributed by atoms with E-state index in [0.717, 1.165) is 18.3 Å². The molecular weight excluding hydrogens is 370 g/mol. The fraction of sp³-hybridized carbons (Fsp3) is 0.214. The second-order valence-electron chi connectivity index (χ2n) is 4.64. The van der Waals surface area contributed by atoms with E-state index in [4.69, 9.17) is 16.4 Å². The highest BCUT2D eigenvalue weighted by Crippen LogP contribution is 2.26. The van der Waals surface area contributed by atoms with E-state index in [0.29, 0.717) is 0 Å². The number of nitrogens with one attached hydrogen (secondary N) is 1. The highest BCUT2D eigenvalue weighted by molar-refractivity contribution is 6.33. The van der Waals surface area contributed by atoms with E-state index in [-0.39, 0.29) is 27.8 Å². The second kappa shape index (κ2) is 7.09. The van der Waals surface area contributed by atoms with Crippen LogP contribution in [-0.2, 0) is 11.0 Å². The number of hydrogen-bond acceptors (Lipinski definition) is 4. The molecule has 0 fully saturated rings. The molecule has 25 heavy (non-hydrogen) atoms. The zero-order valence-corrected chi connectivity index (χ0v) is 13.3. The summed E-state index contributed by atoms with van der Waals surface area (Å²) in [5, 5.41) is 3.43. The zero-order valence-electron chi connectivity index (χ0n) is 12.5. The van der Waals surface area contributed by atoms with Gasteiger partial charge in [0.25, 0.3) is 5.56 Å². The fourth-order valence-electron chi connectivity index (χ4n) is 1.87. The van der Waals surface area contributed by atoms with Crippen molar-refractivity contribution in [1.82, 2.24) is 9.55 Å². The Balaban J connectivity index is 2.65. The Morgan fingerprint density at radius 3 is 2.56 bits per heavy atom. The van der Waals surface area contributed by atoms with Crippen molar-refractivity contribution < 1.29 is 22.4 Å². The van der Waals surface area contributed by atoms with Crippen molar-refractivity contribution in [1.29, 1.82) is 0 Å². The van der Waals surface area contributed by atoms with Crippen molar-refractivity contribution in [2.24, 2.45) is 5.16 Å². The molecule has 2 rings (SSSR count). The summed E-state index contributed by atoms with van der Waals surface area (Å²) in [6, 6.07) is 1.95. The van der Waals surface area contributed by atoms with Crippen LogP contribution in [0.4, 0.5) is 17.6 Å². The molecule has 0 saturated heterocycles. The molecule has 0 atom stereocenters. The van der Waals surface area contributed by atoms with Gasteiger partial charge in [-0.1, -0.05) is 16.8 Å². The van der Waals surface area contributed by atoms with Crippen molar-refractivity contribution in [3.63, 3.8) is 0 Å². The third-order valence-electron chi connectivity index (χ3n) is 2.94. The molecule has 0 aliphatic heterocycles. The molecule has 0 amide bonds. The zero-order chi connectivity index (χ0) is 18.8. The van der Waals surface area contributed by atoms with Gasteiger partial charge in [0.2, 0.25) is 0 Å². The van der Waals surface area contributed by atoms with Gasteiger partial charge in [-0.15, -0.1) is 0 Å². The predicted molar refractivity (Wildman–Crippen MR) is 81.8 cm³/mol. The van der Waals surface area contributed by atoms with Crippen LogP contribution < -0.4 is 11.2 Å². The lowest BCUT2D eigenvalue weighted by Gasteiger charge is -2.10. The molecule has 0 aliphatic rings. The molecule has 134 valence electrons. The van der Waals surface area contributed by atoms with Crippen LogP contribution in [0.2, 0.25) is 5.02 Å². The quantitative estimate of drug-likeness (QED) is 0.504. The number of H-pyrrole nitrogens is 1. The van der Waals surface area contributed by atoms with Gasteiger partial charge < -0.3 is 9.82 Å². The molecule has 11 heteroatoms. The Morgan fingerprint density at radius 2 is 2.00 bits per heavy atom. The van der Waals surface area contributed by atoms with Crippen molar-refractivity contribution in [2.45, 2.75) is 13.1 Å². The van der Waals surface area contributed by atoms with Gasteiger partial charge >= 0.3 is 11.9 Å². The first-order valence-corrected chi connectivity index (χ1v) is 7.11. The number of oxime groups is 1. The standard InChI is InChI=1S/C14H10ClF4N3O3/c1-2-25-20-6-7-3-10(9(16)4-8(7)15)22-12(23)5-11(14(17,18)19)21-13(22)24/h3-6H,2H2,1H3,(H,21,24). The molecule has 0 aliphatic carbocycles. The van der Waals surface area contributed by atoms with Crippen molar-refractivity contribution in [3.8, 4) is 5.69 Å². The first kappa shape index (κ1) is 18.7. The van der Waals surface area contributed by atoms with Gasteiger partial charge in [-0.2, -0.15) is 13.2 Å². The van der Waals surface area contributed by atoms with E-state index in [1.165, 1.54) is 4.98 Å². The Morgan fingerprint density at radius 1 is 1.32 bits per heavy atom. The Hall–Kier alpha value is -2.62. The molecule has 1 aromatic heterocycles. The van der Waals surface area contributed by atoms with Crippen LogP contribution in [0, 0.1) is 5.82 Å². The summed E-state index contributed by atoms with van der Waals surface area (Å²) in [6.45, 7) is 1.91. The lowest BCUT2D eigenvalue weighted by Crippen LogP contribution is -2.36. The Labute approximate surface area is 142 Å². The van der Waals surface area contributed by atoms with Gasteiger partial charge in [0.05, 0.1) is 16.9 Å². The molecular formula is C14H10ClF4N3O3. The maximum atomic E-state index is 14.1. The van der Waals surface area contributed by atoms with Crippen molar-refractivity contribution in [2.75, 3.05) is 6.61 Å². The summed E-state index contributed by atoms with van der Waals surface area (Å²) in [6.07, 6.45) is -3.82. The normalized spacial score (nSPS) is 11.9. The van der Waals surface area contributed by atoms with E-state index >= 15 is 0 Å². The van der Waals surface area contributed by atoms with Gasteiger partial charge in [-0.3, -0.25) is 4.79 Å². The lowest BCUT2D eigenvalue weighted by atomic mass is 10.2. The highest BCUT2D eigenvalue weighted by Gasteiger charge is 2.33. The summed E-state index contributed by atoms with van der Waals surface area (Å²) in [7, 11) is 0. The largest absolute Gasteiger partial charge is 0.431 e. The maximum Gasteiger partial charge on any atom is 0.431 e. The van der Waals surface area contributed by atoms with Gasteiger partial charge in [0, 0.05) is 11.6 Å². The summed E-state index contributed by atoms with van der Waals surface area (Å²) < 4.78 is 52.2. The molecule has 0 unspecified atom stereocenters. The van der Waals surface area contributed by atoms with E-state index in [1.54, 1.807) is 6.92 Å². The van der Waals surface area contributed by atoms with Crippen LogP contribution in [0.1, 0.15) is 18.2 Å². The topological polar surface area (TPSA) is 76.5 Å². The molecule has 0 radical (unpaired) electrons. The Kier molecular flexibility index (Phi) is 5.31. The van der Waals surface area contributed by atoms with Gasteiger partial charge in [-0.25, -0.2) is 13.8 Å². The van der Waals surface area contributed by atoms with E-state index < -0.39 is 34.6 Å².